The normalized spacial score (nSPS) is 14.8. The molecule has 0 saturated heterocycles. The summed E-state index contributed by atoms with van der Waals surface area (Å²) in [5, 5.41) is 0. The quantitative estimate of drug-likeness (QED) is 0.470. The highest BCUT2D eigenvalue weighted by atomic mass is 32.2. The molecule has 0 heterocycles. The predicted octanol–water partition coefficient (Wildman–Crippen LogP) is 5.58. The van der Waals surface area contributed by atoms with E-state index in [0.717, 1.165) is 23.1 Å². The summed E-state index contributed by atoms with van der Waals surface area (Å²) in [6.45, 7) is 8.26. The highest BCUT2D eigenvalue weighted by Crippen LogP contribution is 2.39. The number of hydrogen-bond donors (Lipinski definition) is 0. The minimum atomic E-state index is -5.68. The first-order valence-electron chi connectivity index (χ1n) is 8.53. The molecular formula is C20H23F3O3S. The van der Waals surface area contributed by atoms with Gasteiger partial charge in [-0.2, -0.15) is 21.6 Å². The van der Waals surface area contributed by atoms with Gasteiger partial charge in [0.1, 0.15) is 5.75 Å². The minimum Gasteiger partial charge on any atom is -0.376 e. The number of aryl methyl sites for hydroxylation is 1. The fourth-order valence-corrected chi connectivity index (χ4v) is 3.65. The zero-order valence-corrected chi connectivity index (χ0v) is 16.5. The van der Waals surface area contributed by atoms with Crippen LogP contribution < -0.4 is 4.18 Å². The molecule has 0 fully saturated rings. The molecule has 3 nitrogen and oxygen atoms in total. The van der Waals surface area contributed by atoms with E-state index in [-0.39, 0.29) is 11.2 Å². The van der Waals surface area contributed by atoms with Crippen molar-refractivity contribution < 1.29 is 25.8 Å². The van der Waals surface area contributed by atoms with E-state index in [1.165, 1.54) is 12.1 Å². The summed E-state index contributed by atoms with van der Waals surface area (Å²) < 4.78 is 63.9. The van der Waals surface area contributed by atoms with Crippen molar-refractivity contribution >= 4 is 10.1 Å². The lowest BCUT2D eigenvalue weighted by Gasteiger charge is -2.33. The molecule has 2 aromatic rings. The van der Waals surface area contributed by atoms with E-state index in [4.69, 9.17) is 0 Å². The van der Waals surface area contributed by atoms with Crippen LogP contribution in [0.15, 0.2) is 48.5 Å². The van der Waals surface area contributed by atoms with Crippen LogP contribution in [0.4, 0.5) is 13.2 Å². The Balaban J connectivity index is 2.39. The third-order valence-electron chi connectivity index (χ3n) is 4.49. The fourth-order valence-electron chi connectivity index (χ4n) is 3.19. The van der Waals surface area contributed by atoms with E-state index in [0.29, 0.717) is 5.92 Å². The molecule has 0 aliphatic heterocycles. The second-order valence-electron chi connectivity index (χ2n) is 7.30. The lowest BCUT2D eigenvalue weighted by Crippen LogP contribution is -2.28. The number of benzene rings is 2. The predicted molar refractivity (Wildman–Crippen MR) is 99.1 cm³/mol. The maximum Gasteiger partial charge on any atom is 0.534 e. The maximum atomic E-state index is 12.5. The third kappa shape index (κ3) is 4.83. The largest absolute Gasteiger partial charge is 0.534 e. The first-order valence-corrected chi connectivity index (χ1v) is 9.94. The molecule has 1 atom stereocenters. The SMILES string of the molecule is Cc1ccc(C(C)(CC(C)C)c2ccc(OS(=O)(=O)C(F)(F)F)cc2)cc1. The molecule has 0 aliphatic rings. The Bertz CT molecular complexity index is 870. The summed E-state index contributed by atoms with van der Waals surface area (Å²) in [6.07, 6.45) is 0.817. The lowest BCUT2D eigenvalue weighted by atomic mass is 9.71. The zero-order chi connectivity index (χ0) is 20.5. The molecule has 0 spiro atoms. The lowest BCUT2D eigenvalue weighted by molar-refractivity contribution is -0.0500. The molecule has 0 bridgehead atoms. The summed E-state index contributed by atoms with van der Waals surface area (Å²) in [7, 11) is -5.68. The van der Waals surface area contributed by atoms with E-state index < -0.39 is 15.6 Å². The summed E-state index contributed by atoms with van der Waals surface area (Å²) in [5.41, 5.74) is -2.75. The fraction of sp³-hybridized carbons (Fsp3) is 0.400. The number of halogens is 3. The summed E-state index contributed by atoms with van der Waals surface area (Å²) in [4.78, 5) is 0. The first kappa shape index (κ1) is 21.3. The highest BCUT2D eigenvalue weighted by Gasteiger charge is 2.48. The minimum absolute atomic E-state index is 0.369. The summed E-state index contributed by atoms with van der Waals surface area (Å²) in [6, 6.07) is 13.8. The molecule has 0 N–H and O–H groups in total. The van der Waals surface area contributed by atoms with Crippen LogP contribution in [-0.2, 0) is 15.5 Å². The van der Waals surface area contributed by atoms with Gasteiger partial charge in [0.05, 0.1) is 0 Å². The van der Waals surface area contributed by atoms with Gasteiger partial charge in [-0.3, -0.25) is 0 Å². The Morgan fingerprint density at radius 3 is 1.78 bits per heavy atom. The third-order valence-corrected chi connectivity index (χ3v) is 5.46. The molecule has 0 aliphatic carbocycles. The van der Waals surface area contributed by atoms with Crippen LogP contribution in [0.3, 0.4) is 0 Å². The average Bonchev–Trinajstić information content (AvgIpc) is 2.54. The second-order valence-corrected chi connectivity index (χ2v) is 8.84. The molecule has 0 radical (unpaired) electrons. The molecular weight excluding hydrogens is 377 g/mol. The molecule has 0 saturated carbocycles. The number of rotatable bonds is 6. The Labute approximate surface area is 158 Å². The van der Waals surface area contributed by atoms with Crippen LogP contribution >= 0.6 is 0 Å². The Kier molecular flexibility index (Phi) is 5.94. The van der Waals surface area contributed by atoms with Crippen molar-refractivity contribution in [2.45, 2.75) is 45.0 Å². The zero-order valence-electron chi connectivity index (χ0n) is 15.7. The van der Waals surface area contributed by atoms with E-state index in [2.05, 4.69) is 25.0 Å². The van der Waals surface area contributed by atoms with Crippen LogP contribution in [0.5, 0.6) is 5.75 Å². The van der Waals surface area contributed by atoms with Crippen molar-refractivity contribution in [1.29, 1.82) is 0 Å². The average molecular weight is 400 g/mol. The maximum absolute atomic E-state index is 12.5. The van der Waals surface area contributed by atoms with Crippen molar-refractivity contribution in [3.63, 3.8) is 0 Å². The van der Waals surface area contributed by atoms with Crippen LogP contribution in [0.25, 0.3) is 0 Å². The van der Waals surface area contributed by atoms with E-state index >= 15 is 0 Å². The highest BCUT2D eigenvalue weighted by molar-refractivity contribution is 7.88. The smallest absolute Gasteiger partial charge is 0.376 e. The van der Waals surface area contributed by atoms with Gasteiger partial charge in [0, 0.05) is 5.41 Å². The van der Waals surface area contributed by atoms with Gasteiger partial charge < -0.3 is 4.18 Å². The van der Waals surface area contributed by atoms with Crippen LogP contribution in [0, 0.1) is 12.8 Å². The van der Waals surface area contributed by atoms with Crippen molar-refractivity contribution in [2.75, 3.05) is 0 Å². The van der Waals surface area contributed by atoms with Crippen LogP contribution in [-0.4, -0.2) is 13.9 Å². The summed E-state index contributed by atoms with van der Waals surface area (Å²) >= 11 is 0. The molecule has 7 heteroatoms. The van der Waals surface area contributed by atoms with Crippen LogP contribution in [0.1, 0.15) is 43.9 Å². The number of hydrogen-bond acceptors (Lipinski definition) is 3. The molecule has 27 heavy (non-hydrogen) atoms. The van der Waals surface area contributed by atoms with Crippen molar-refractivity contribution in [1.82, 2.24) is 0 Å². The molecule has 2 aromatic carbocycles. The van der Waals surface area contributed by atoms with Gasteiger partial charge in [0.2, 0.25) is 0 Å². The monoisotopic (exact) mass is 400 g/mol. The summed E-state index contributed by atoms with van der Waals surface area (Å²) in [5.74, 6) is 0.00437. The van der Waals surface area contributed by atoms with E-state index in [1.54, 1.807) is 12.1 Å². The first-order chi connectivity index (χ1) is 12.3. The molecule has 1 unspecified atom stereocenters. The van der Waals surface area contributed by atoms with Crippen molar-refractivity contribution in [3.8, 4) is 5.75 Å². The second kappa shape index (κ2) is 7.54. The van der Waals surface area contributed by atoms with Gasteiger partial charge in [-0.1, -0.05) is 62.7 Å². The Morgan fingerprint density at radius 2 is 1.37 bits per heavy atom. The molecule has 2 rings (SSSR count). The number of alkyl halides is 3. The Morgan fingerprint density at radius 1 is 0.926 bits per heavy atom. The van der Waals surface area contributed by atoms with Crippen molar-refractivity contribution in [3.05, 3.63) is 65.2 Å². The van der Waals surface area contributed by atoms with Gasteiger partial charge in [-0.25, -0.2) is 0 Å². The van der Waals surface area contributed by atoms with Gasteiger partial charge >= 0.3 is 15.6 Å². The standard InChI is InChI=1S/C20H23F3O3S/c1-14(2)13-19(4,16-7-5-15(3)6-8-16)17-9-11-18(12-10-17)26-27(24,25)20(21,22)23/h5-12,14H,13H2,1-4H3. The van der Waals surface area contributed by atoms with Gasteiger partial charge in [-0.05, 0) is 42.5 Å². The van der Waals surface area contributed by atoms with Crippen molar-refractivity contribution in [2.24, 2.45) is 5.92 Å². The van der Waals surface area contributed by atoms with E-state index in [9.17, 15) is 21.6 Å². The topological polar surface area (TPSA) is 43.4 Å². The van der Waals surface area contributed by atoms with Crippen LogP contribution in [0.2, 0.25) is 0 Å². The molecule has 148 valence electrons. The Hall–Kier alpha value is -2.02. The molecule has 0 aromatic heterocycles. The van der Waals surface area contributed by atoms with Gasteiger partial charge in [0.15, 0.2) is 0 Å². The van der Waals surface area contributed by atoms with E-state index in [1.807, 2.05) is 31.2 Å². The van der Waals surface area contributed by atoms with Gasteiger partial charge in [-0.15, -0.1) is 0 Å². The van der Waals surface area contributed by atoms with Gasteiger partial charge in [0.25, 0.3) is 0 Å². The molecule has 0 amide bonds.